The molecule has 2 N–H and O–H groups in total. The number of benzene rings is 3. The number of carbonyl (C=O) groups is 1. The number of amides is 1. The second-order valence-electron chi connectivity index (χ2n) is 7.14. The van der Waals surface area contributed by atoms with Crippen LogP contribution in [0.25, 0.3) is 0 Å². The summed E-state index contributed by atoms with van der Waals surface area (Å²) in [6, 6.07) is 19.9. The number of anilines is 1. The van der Waals surface area contributed by atoms with E-state index >= 15 is 0 Å². The van der Waals surface area contributed by atoms with Crippen LogP contribution in [-0.2, 0) is 23.1 Å². The minimum Gasteiger partial charge on any atom is -0.381 e. The Labute approximate surface area is 181 Å². The summed E-state index contributed by atoms with van der Waals surface area (Å²) < 4.78 is 39.4. The number of nitrogens with one attached hydrogen (secondary N) is 2. The zero-order valence-electron chi connectivity index (χ0n) is 17.3. The average Bonchev–Trinajstić information content (AvgIpc) is 2.77. The molecule has 0 unspecified atom stereocenters. The molecule has 0 bridgehead atoms. The fourth-order valence-electron chi connectivity index (χ4n) is 2.89. The summed E-state index contributed by atoms with van der Waals surface area (Å²) >= 11 is 0. The van der Waals surface area contributed by atoms with Gasteiger partial charge in [-0.05, 0) is 48.0 Å². The Kier molecular flexibility index (Phi) is 7.04. The van der Waals surface area contributed by atoms with Crippen molar-refractivity contribution in [1.82, 2.24) is 9.62 Å². The zero-order chi connectivity index (χ0) is 22.4. The van der Waals surface area contributed by atoms with Crippen LogP contribution < -0.4 is 10.6 Å². The third kappa shape index (κ3) is 5.68. The van der Waals surface area contributed by atoms with Gasteiger partial charge in [0.2, 0.25) is 10.0 Å². The van der Waals surface area contributed by atoms with Crippen molar-refractivity contribution in [3.8, 4) is 0 Å². The van der Waals surface area contributed by atoms with Gasteiger partial charge < -0.3 is 10.6 Å². The highest BCUT2D eigenvalue weighted by Crippen LogP contribution is 2.17. The molecule has 8 heteroatoms. The summed E-state index contributed by atoms with van der Waals surface area (Å²) in [5.41, 5.74) is 2.48. The van der Waals surface area contributed by atoms with Gasteiger partial charge in [0.05, 0.1) is 4.90 Å². The lowest BCUT2D eigenvalue weighted by Gasteiger charge is -2.13. The minimum absolute atomic E-state index is 0.109. The lowest BCUT2D eigenvalue weighted by Crippen LogP contribution is -2.23. The van der Waals surface area contributed by atoms with E-state index < -0.39 is 10.0 Å². The van der Waals surface area contributed by atoms with Crippen LogP contribution in [0.4, 0.5) is 10.1 Å². The molecule has 162 valence electrons. The molecule has 3 rings (SSSR count). The second-order valence-corrected chi connectivity index (χ2v) is 9.29. The largest absolute Gasteiger partial charge is 0.381 e. The van der Waals surface area contributed by atoms with E-state index in [9.17, 15) is 17.6 Å². The number of sulfonamides is 1. The summed E-state index contributed by atoms with van der Waals surface area (Å²) in [7, 11) is -0.499. The van der Waals surface area contributed by atoms with E-state index in [2.05, 4.69) is 10.6 Å². The van der Waals surface area contributed by atoms with Gasteiger partial charge in [-0.1, -0.05) is 30.3 Å². The standard InChI is InChI=1S/C23H24FN3O3S/c1-27(2)31(29,30)21-8-5-6-17(14-21)15-25-20-12-10-18(11-13-20)23(28)26-16-19-7-3-4-9-22(19)24/h3-14,25H,15-16H2,1-2H3,(H,26,28). The van der Waals surface area contributed by atoms with E-state index in [1.165, 1.54) is 24.5 Å². The van der Waals surface area contributed by atoms with Crippen molar-refractivity contribution in [2.75, 3.05) is 19.4 Å². The maximum atomic E-state index is 13.7. The molecule has 0 aromatic heterocycles. The maximum Gasteiger partial charge on any atom is 0.251 e. The fraction of sp³-hybridized carbons (Fsp3) is 0.174. The number of hydrogen-bond donors (Lipinski definition) is 2. The van der Waals surface area contributed by atoms with Crippen molar-refractivity contribution in [2.24, 2.45) is 0 Å². The first-order valence-corrected chi connectivity index (χ1v) is 11.1. The first-order valence-electron chi connectivity index (χ1n) is 9.64. The van der Waals surface area contributed by atoms with Gasteiger partial charge in [-0.25, -0.2) is 17.1 Å². The quantitative estimate of drug-likeness (QED) is 0.560. The summed E-state index contributed by atoms with van der Waals surface area (Å²) in [5, 5.41) is 5.91. The maximum absolute atomic E-state index is 13.7. The van der Waals surface area contributed by atoms with Gasteiger partial charge in [0.15, 0.2) is 0 Å². The summed E-state index contributed by atoms with van der Waals surface area (Å²) in [4.78, 5) is 12.5. The summed E-state index contributed by atoms with van der Waals surface area (Å²) in [5.74, 6) is -0.652. The number of nitrogens with zero attached hydrogens (tertiary/aromatic N) is 1. The topological polar surface area (TPSA) is 78.5 Å². The molecule has 0 aliphatic rings. The Balaban J connectivity index is 1.59. The minimum atomic E-state index is -3.49. The lowest BCUT2D eigenvalue weighted by atomic mass is 10.1. The molecule has 0 atom stereocenters. The number of rotatable bonds is 8. The second kappa shape index (κ2) is 9.72. The Morgan fingerprint density at radius 2 is 1.65 bits per heavy atom. The number of hydrogen-bond acceptors (Lipinski definition) is 4. The molecule has 3 aromatic carbocycles. The van der Waals surface area contributed by atoms with Crippen molar-refractivity contribution in [3.63, 3.8) is 0 Å². The van der Waals surface area contributed by atoms with E-state index in [1.807, 2.05) is 6.07 Å². The van der Waals surface area contributed by atoms with Crippen molar-refractivity contribution in [2.45, 2.75) is 18.0 Å². The smallest absolute Gasteiger partial charge is 0.251 e. The Morgan fingerprint density at radius 1 is 0.935 bits per heavy atom. The molecule has 0 aliphatic heterocycles. The third-order valence-electron chi connectivity index (χ3n) is 4.72. The van der Waals surface area contributed by atoms with Crippen LogP contribution in [0.5, 0.6) is 0 Å². The first kappa shape index (κ1) is 22.5. The van der Waals surface area contributed by atoms with Crippen LogP contribution >= 0.6 is 0 Å². The molecule has 0 saturated heterocycles. The predicted octanol–water partition coefficient (Wildman–Crippen LogP) is 3.62. The van der Waals surface area contributed by atoms with Gasteiger partial charge >= 0.3 is 0 Å². The van der Waals surface area contributed by atoms with Gasteiger partial charge in [0, 0.05) is 44.0 Å². The average molecular weight is 442 g/mol. The Hall–Kier alpha value is -3.23. The van der Waals surface area contributed by atoms with Crippen LogP contribution in [0.15, 0.2) is 77.7 Å². The van der Waals surface area contributed by atoms with E-state index in [1.54, 1.807) is 60.7 Å². The molecule has 1 amide bonds. The molecular weight excluding hydrogens is 417 g/mol. The molecule has 6 nitrogen and oxygen atoms in total. The first-order chi connectivity index (χ1) is 14.8. The highest BCUT2D eigenvalue weighted by atomic mass is 32.2. The molecule has 0 fully saturated rings. The van der Waals surface area contributed by atoms with Crippen molar-refractivity contribution >= 4 is 21.6 Å². The van der Waals surface area contributed by atoms with E-state index in [0.717, 1.165) is 11.3 Å². The van der Waals surface area contributed by atoms with Gasteiger partial charge in [-0.2, -0.15) is 0 Å². The van der Waals surface area contributed by atoms with Crippen LogP contribution in [0.1, 0.15) is 21.5 Å². The molecule has 0 aliphatic carbocycles. The normalized spacial score (nSPS) is 11.4. The van der Waals surface area contributed by atoms with Crippen molar-refractivity contribution in [1.29, 1.82) is 0 Å². The number of halogens is 1. The van der Waals surface area contributed by atoms with E-state index in [-0.39, 0.29) is 23.2 Å². The number of carbonyl (C=O) groups excluding carboxylic acids is 1. The summed E-state index contributed by atoms with van der Waals surface area (Å²) in [6.07, 6.45) is 0. The molecule has 0 heterocycles. The lowest BCUT2D eigenvalue weighted by molar-refractivity contribution is 0.0950. The molecule has 0 spiro atoms. The zero-order valence-corrected chi connectivity index (χ0v) is 18.1. The Morgan fingerprint density at radius 3 is 2.32 bits per heavy atom. The molecule has 0 saturated carbocycles. The van der Waals surface area contributed by atoms with Crippen LogP contribution in [0.3, 0.4) is 0 Å². The predicted molar refractivity (Wildman–Crippen MR) is 119 cm³/mol. The van der Waals surface area contributed by atoms with E-state index in [0.29, 0.717) is 17.7 Å². The molecular formula is C23H24FN3O3S. The van der Waals surface area contributed by atoms with Crippen LogP contribution in [-0.4, -0.2) is 32.7 Å². The fourth-order valence-corrected chi connectivity index (χ4v) is 3.86. The van der Waals surface area contributed by atoms with Crippen LogP contribution in [0, 0.1) is 5.82 Å². The van der Waals surface area contributed by atoms with Gasteiger partial charge in [0.1, 0.15) is 5.82 Å². The Bertz CT molecular complexity index is 1160. The van der Waals surface area contributed by atoms with Crippen molar-refractivity contribution in [3.05, 3.63) is 95.3 Å². The monoisotopic (exact) mass is 441 g/mol. The van der Waals surface area contributed by atoms with E-state index in [4.69, 9.17) is 0 Å². The molecule has 31 heavy (non-hydrogen) atoms. The van der Waals surface area contributed by atoms with Crippen molar-refractivity contribution < 1.29 is 17.6 Å². The van der Waals surface area contributed by atoms with Gasteiger partial charge in [-0.3, -0.25) is 4.79 Å². The SMILES string of the molecule is CN(C)S(=O)(=O)c1cccc(CNc2ccc(C(=O)NCc3ccccc3F)cc2)c1. The van der Waals surface area contributed by atoms with Gasteiger partial charge in [-0.15, -0.1) is 0 Å². The highest BCUT2D eigenvalue weighted by molar-refractivity contribution is 7.89. The summed E-state index contributed by atoms with van der Waals surface area (Å²) in [6.45, 7) is 0.535. The third-order valence-corrected chi connectivity index (χ3v) is 6.53. The highest BCUT2D eigenvalue weighted by Gasteiger charge is 2.17. The van der Waals surface area contributed by atoms with Crippen LogP contribution in [0.2, 0.25) is 0 Å². The molecule has 0 radical (unpaired) electrons. The molecule has 3 aromatic rings. The van der Waals surface area contributed by atoms with Gasteiger partial charge in [0.25, 0.3) is 5.91 Å².